The summed E-state index contributed by atoms with van der Waals surface area (Å²) in [5.41, 5.74) is 7.12. The Bertz CT molecular complexity index is 1000. The summed E-state index contributed by atoms with van der Waals surface area (Å²) in [4.78, 5) is 26.7. The first-order valence-electron chi connectivity index (χ1n) is 7.45. The van der Waals surface area contributed by atoms with E-state index in [1.807, 2.05) is 6.92 Å². The Labute approximate surface area is 163 Å². The number of imidazole rings is 1. The van der Waals surface area contributed by atoms with Crippen molar-refractivity contribution in [3.8, 4) is 5.69 Å². The molecule has 6 nitrogen and oxygen atoms in total. The number of hydrogen-bond acceptors (Lipinski definition) is 3. The van der Waals surface area contributed by atoms with Crippen molar-refractivity contribution >= 4 is 46.4 Å². The van der Waals surface area contributed by atoms with Crippen LogP contribution in [0.25, 0.3) is 5.69 Å². The molecule has 9 heteroatoms. The molecular weight excluding hydrogens is 399 g/mol. The maximum atomic E-state index is 12.3. The third-order valence-corrected chi connectivity index (χ3v) is 4.47. The van der Waals surface area contributed by atoms with E-state index in [0.717, 1.165) is 5.69 Å². The molecule has 3 aromatic rings. The number of nitrogens with one attached hydrogen (secondary N) is 3. The third kappa shape index (κ3) is 3.72. The van der Waals surface area contributed by atoms with Crippen LogP contribution in [-0.4, -0.2) is 15.5 Å². The van der Waals surface area contributed by atoms with Gasteiger partial charge in [-0.3, -0.25) is 20.2 Å². The van der Waals surface area contributed by atoms with Gasteiger partial charge in [0.2, 0.25) is 0 Å². The van der Waals surface area contributed by atoms with Crippen LogP contribution in [-0.2, 0) is 0 Å². The third-order valence-electron chi connectivity index (χ3n) is 3.66. The summed E-state index contributed by atoms with van der Waals surface area (Å²) < 4.78 is 1.51. The maximum Gasteiger partial charge on any atom is 0.330 e. The zero-order chi connectivity index (χ0) is 18.8. The van der Waals surface area contributed by atoms with Gasteiger partial charge in [0.05, 0.1) is 21.4 Å². The van der Waals surface area contributed by atoms with E-state index < -0.39 is 5.91 Å². The van der Waals surface area contributed by atoms with Crippen LogP contribution in [0.4, 0.5) is 5.69 Å². The van der Waals surface area contributed by atoms with Gasteiger partial charge in [-0.15, -0.1) is 0 Å². The largest absolute Gasteiger partial charge is 0.330 e. The molecule has 0 radical (unpaired) electrons. The van der Waals surface area contributed by atoms with Crippen LogP contribution >= 0.6 is 34.8 Å². The summed E-state index contributed by atoms with van der Waals surface area (Å²) in [5, 5.41) is 0.948. The Kier molecular flexibility index (Phi) is 5.27. The number of aromatic amines is 1. The summed E-state index contributed by atoms with van der Waals surface area (Å²) in [6.45, 7) is 1.81. The first-order valence-corrected chi connectivity index (χ1v) is 8.58. The fourth-order valence-corrected chi connectivity index (χ4v) is 3.30. The molecule has 1 heterocycles. The topological polar surface area (TPSA) is 78.9 Å². The van der Waals surface area contributed by atoms with Crippen molar-refractivity contribution in [1.29, 1.82) is 0 Å². The summed E-state index contributed by atoms with van der Waals surface area (Å²) in [5.74, 6) is -0.392. The normalized spacial score (nSPS) is 10.6. The standard InChI is InChI=1S/C17H13Cl3N4O2/c1-9-8-21-17(26)24(9)12-4-2-10(3-5-12)16(25)23-22-15-13(19)6-11(18)7-14(15)20/h2-8,22H,1H3,(H,21,26)(H,23,25). The van der Waals surface area contributed by atoms with Crippen LogP contribution in [0.1, 0.15) is 16.1 Å². The number of anilines is 1. The van der Waals surface area contributed by atoms with Gasteiger partial charge in [0.15, 0.2) is 0 Å². The summed E-state index contributed by atoms with van der Waals surface area (Å²) in [7, 11) is 0. The second-order valence-electron chi connectivity index (χ2n) is 5.44. The number of hydrogen-bond donors (Lipinski definition) is 3. The lowest BCUT2D eigenvalue weighted by molar-refractivity contribution is 0.0962. The number of rotatable bonds is 4. The highest BCUT2D eigenvalue weighted by Gasteiger charge is 2.11. The number of nitrogens with zero attached hydrogens (tertiary/aromatic N) is 1. The van der Waals surface area contributed by atoms with Crippen molar-refractivity contribution in [1.82, 2.24) is 15.0 Å². The summed E-state index contributed by atoms with van der Waals surface area (Å²) >= 11 is 18.0. The van der Waals surface area contributed by atoms with Gasteiger partial charge in [-0.1, -0.05) is 34.8 Å². The van der Waals surface area contributed by atoms with Crippen LogP contribution in [0, 0.1) is 6.92 Å². The lowest BCUT2D eigenvalue weighted by atomic mass is 10.2. The van der Waals surface area contributed by atoms with Crippen molar-refractivity contribution < 1.29 is 4.79 Å². The Morgan fingerprint density at radius 3 is 2.23 bits per heavy atom. The number of benzene rings is 2. The fraction of sp³-hybridized carbons (Fsp3) is 0.0588. The lowest BCUT2D eigenvalue weighted by Gasteiger charge is -2.12. The van der Waals surface area contributed by atoms with Crippen LogP contribution in [0.2, 0.25) is 15.1 Å². The second-order valence-corrected chi connectivity index (χ2v) is 6.69. The molecular formula is C17H13Cl3N4O2. The molecule has 134 valence electrons. The van der Waals surface area contributed by atoms with Gasteiger partial charge in [-0.05, 0) is 43.3 Å². The Balaban J connectivity index is 1.74. The number of amides is 1. The molecule has 0 spiro atoms. The van der Waals surface area contributed by atoms with Crippen LogP contribution in [0.3, 0.4) is 0 Å². The molecule has 3 N–H and O–H groups in total. The van der Waals surface area contributed by atoms with Crippen molar-refractivity contribution in [2.24, 2.45) is 0 Å². The van der Waals surface area contributed by atoms with E-state index in [2.05, 4.69) is 15.8 Å². The molecule has 0 atom stereocenters. The molecule has 0 fully saturated rings. The zero-order valence-electron chi connectivity index (χ0n) is 13.4. The van der Waals surface area contributed by atoms with E-state index >= 15 is 0 Å². The summed E-state index contributed by atoms with van der Waals surface area (Å²) in [6, 6.07) is 9.59. The quantitative estimate of drug-likeness (QED) is 0.563. The molecule has 0 bridgehead atoms. The number of aromatic nitrogens is 2. The number of H-pyrrole nitrogens is 1. The Morgan fingerprint density at radius 1 is 1.08 bits per heavy atom. The van der Waals surface area contributed by atoms with E-state index in [0.29, 0.717) is 22.0 Å². The molecule has 2 aromatic carbocycles. The highest BCUT2D eigenvalue weighted by Crippen LogP contribution is 2.33. The molecule has 26 heavy (non-hydrogen) atoms. The van der Waals surface area contributed by atoms with Gasteiger partial charge in [0, 0.05) is 22.5 Å². The minimum absolute atomic E-state index is 0.242. The molecule has 0 saturated carbocycles. The average Bonchev–Trinajstić information content (AvgIpc) is 2.92. The van der Waals surface area contributed by atoms with Gasteiger partial charge in [0.25, 0.3) is 5.91 Å². The molecule has 1 amide bonds. The van der Waals surface area contributed by atoms with Gasteiger partial charge in [-0.25, -0.2) is 4.79 Å². The van der Waals surface area contributed by atoms with Crippen LogP contribution < -0.4 is 16.5 Å². The van der Waals surface area contributed by atoms with Crippen molar-refractivity contribution in [2.75, 3.05) is 5.43 Å². The number of carbonyl (C=O) groups is 1. The van der Waals surface area contributed by atoms with Gasteiger partial charge < -0.3 is 4.98 Å². The van der Waals surface area contributed by atoms with Gasteiger partial charge >= 0.3 is 5.69 Å². The number of halogens is 3. The second kappa shape index (κ2) is 7.45. The number of carbonyl (C=O) groups excluding carboxylic acids is 1. The minimum atomic E-state index is -0.392. The fourth-order valence-electron chi connectivity index (χ4n) is 2.39. The first-order chi connectivity index (χ1) is 12.4. The summed E-state index contributed by atoms with van der Waals surface area (Å²) in [6.07, 6.45) is 1.62. The lowest BCUT2D eigenvalue weighted by Crippen LogP contribution is -2.29. The van der Waals surface area contributed by atoms with Gasteiger partial charge in [0.1, 0.15) is 0 Å². The SMILES string of the molecule is Cc1c[nH]c(=O)n1-c1ccc(C(=O)NNc2c(Cl)cc(Cl)cc2Cl)cc1. The predicted molar refractivity (Wildman–Crippen MR) is 104 cm³/mol. The Morgan fingerprint density at radius 2 is 1.69 bits per heavy atom. The van der Waals surface area contributed by atoms with E-state index in [4.69, 9.17) is 34.8 Å². The molecule has 0 aliphatic rings. The number of hydrazine groups is 1. The average molecular weight is 412 g/mol. The molecule has 0 saturated heterocycles. The molecule has 3 rings (SSSR count). The van der Waals surface area contributed by atoms with Gasteiger partial charge in [-0.2, -0.15) is 0 Å². The van der Waals surface area contributed by atoms with E-state index in [1.165, 1.54) is 16.7 Å². The minimum Gasteiger partial charge on any atom is -0.312 e. The first kappa shape index (κ1) is 18.4. The zero-order valence-corrected chi connectivity index (χ0v) is 15.7. The van der Waals surface area contributed by atoms with Crippen LogP contribution in [0.5, 0.6) is 0 Å². The van der Waals surface area contributed by atoms with Crippen molar-refractivity contribution in [3.05, 3.63) is 79.4 Å². The molecule has 0 aliphatic heterocycles. The van der Waals surface area contributed by atoms with E-state index in [1.54, 1.807) is 30.5 Å². The van der Waals surface area contributed by atoms with Crippen LogP contribution in [0.15, 0.2) is 47.4 Å². The predicted octanol–water partition coefficient (Wildman–Crippen LogP) is 4.19. The smallest absolute Gasteiger partial charge is 0.312 e. The highest BCUT2D eigenvalue weighted by atomic mass is 35.5. The maximum absolute atomic E-state index is 12.3. The number of aryl methyl sites for hydroxylation is 1. The monoisotopic (exact) mass is 410 g/mol. The van der Waals surface area contributed by atoms with Crippen molar-refractivity contribution in [3.63, 3.8) is 0 Å². The van der Waals surface area contributed by atoms with E-state index in [-0.39, 0.29) is 15.7 Å². The Hall–Kier alpha value is -2.41. The molecule has 0 unspecified atom stereocenters. The van der Waals surface area contributed by atoms with Crippen molar-refractivity contribution in [2.45, 2.75) is 6.92 Å². The molecule has 1 aromatic heterocycles. The molecule has 0 aliphatic carbocycles. The van der Waals surface area contributed by atoms with E-state index in [9.17, 15) is 9.59 Å². The highest BCUT2D eigenvalue weighted by molar-refractivity contribution is 6.41.